The van der Waals surface area contributed by atoms with Crippen LogP contribution in [0.5, 0.6) is 5.75 Å². The Labute approximate surface area is 147 Å². The maximum atomic E-state index is 12.1. The number of esters is 1. The van der Waals surface area contributed by atoms with Crippen molar-refractivity contribution in [3.05, 3.63) is 46.3 Å². The summed E-state index contributed by atoms with van der Waals surface area (Å²) in [5, 5.41) is 19.4. The molecule has 124 valence electrons. The van der Waals surface area contributed by atoms with E-state index in [0.29, 0.717) is 9.96 Å². The van der Waals surface area contributed by atoms with Crippen LogP contribution in [0.25, 0.3) is 0 Å². The van der Waals surface area contributed by atoms with Crippen molar-refractivity contribution in [2.45, 2.75) is 23.3 Å². The Morgan fingerprint density at radius 3 is 2.67 bits per heavy atom. The number of thioether (sulfide) groups is 1. The van der Waals surface area contributed by atoms with Crippen molar-refractivity contribution in [3.63, 3.8) is 0 Å². The van der Waals surface area contributed by atoms with E-state index in [1.807, 2.05) is 36.4 Å². The van der Waals surface area contributed by atoms with Gasteiger partial charge in [0.2, 0.25) is 0 Å². The quantitative estimate of drug-likeness (QED) is 0.350. The molecule has 7 heteroatoms. The Balaban J connectivity index is 2.17. The van der Waals surface area contributed by atoms with Crippen molar-refractivity contribution in [1.29, 1.82) is 5.26 Å². The Morgan fingerprint density at radius 1 is 1.33 bits per heavy atom. The number of aromatic hydroxyl groups is 1. The minimum absolute atomic E-state index is 0.0233. The van der Waals surface area contributed by atoms with Crippen LogP contribution in [0.2, 0.25) is 0 Å². The topological polar surface area (TPSA) is 87.4 Å². The summed E-state index contributed by atoms with van der Waals surface area (Å²) >= 11 is 2.41. The maximum Gasteiger partial charge on any atom is 0.313 e. The van der Waals surface area contributed by atoms with Gasteiger partial charge in [0.25, 0.3) is 0 Å². The molecule has 5 nitrogen and oxygen atoms in total. The molecule has 0 fully saturated rings. The number of benzene rings is 1. The summed E-state index contributed by atoms with van der Waals surface area (Å²) in [5.74, 6) is -0.931. The zero-order valence-electron chi connectivity index (χ0n) is 12.9. The average Bonchev–Trinajstić information content (AvgIpc) is 2.90. The normalized spacial score (nSPS) is 10.2. The number of rotatable bonds is 7. The molecule has 0 aliphatic carbocycles. The first-order valence-electron chi connectivity index (χ1n) is 7.18. The minimum atomic E-state index is -0.646. The lowest BCUT2D eigenvalue weighted by molar-refractivity contribution is -0.141. The van der Waals surface area contributed by atoms with Crippen LogP contribution < -0.4 is 0 Å². The van der Waals surface area contributed by atoms with E-state index in [4.69, 9.17) is 4.74 Å². The number of ether oxygens (including phenoxy) is 1. The van der Waals surface area contributed by atoms with Gasteiger partial charge in [-0.15, -0.1) is 23.1 Å². The molecule has 0 saturated carbocycles. The van der Waals surface area contributed by atoms with E-state index in [2.05, 4.69) is 0 Å². The zero-order valence-corrected chi connectivity index (χ0v) is 14.6. The first kappa shape index (κ1) is 18.0. The highest BCUT2D eigenvalue weighted by Gasteiger charge is 2.24. The highest BCUT2D eigenvalue weighted by Crippen LogP contribution is 2.41. The molecule has 0 bridgehead atoms. The second-order valence-electron chi connectivity index (χ2n) is 4.73. The lowest BCUT2D eigenvalue weighted by atomic mass is 10.2. The van der Waals surface area contributed by atoms with E-state index in [1.54, 1.807) is 6.92 Å². The van der Waals surface area contributed by atoms with Gasteiger partial charge in [-0.05, 0) is 12.5 Å². The molecule has 0 aliphatic rings. The molecule has 1 aromatic heterocycles. The predicted molar refractivity (Wildman–Crippen MR) is 92.3 cm³/mol. The standard InChI is InChI=1S/C17H15NO4S2/c1-2-22-14(20)8-13(19)16-15(21)12(9-18)17(24-16)23-10-11-6-4-3-5-7-11/h3-7,21H,2,8,10H2,1H3. The summed E-state index contributed by atoms with van der Waals surface area (Å²) in [5.41, 5.74) is 1.15. The van der Waals surface area contributed by atoms with E-state index in [9.17, 15) is 20.0 Å². The van der Waals surface area contributed by atoms with Crippen molar-refractivity contribution in [1.82, 2.24) is 0 Å². The van der Waals surface area contributed by atoms with Gasteiger partial charge in [-0.2, -0.15) is 5.26 Å². The molecule has 0 atom stereocenters. The van der Waals surface area contributed by atoms with Gasteiger partial charge in [-0.3, -0.25) is 9.59 Å². The average molecular weight is 361 g/mol. The molecular weight excluding hydrogens is 346 g/mol. The molecule has 1 N–H and O–H groups in total. The van der Waals surface area contributed by atoms with Crippen molar-refractivity contribution in [2.75, 3.05) is 6.61 Å². The Bertz CT molecular complexity index is 778. The number of carbonyl (C=O) groups excluding carboxylic acids is 2. The fourth-order valence-electron chi connectivity index (χ4n) is 1.94. The van der Waals surface area contributed by atoms with Gasteiger partial charge >= 0.3 is 5.97 Å². The van der Waals surface area contributed by atoms with Crippen LogP contribution in [0.3, 0.4) is 0 Å². The molecule has 0 radical (unpaired) electrons. The van der Waals surface area contributed by atoms with Crippen LogP contribution in [-0.2, 0) is 15.3 Å². The smallest absolute Gasteiger partial charge is 0.313 e. The summed E-state index contributed by atoms with van der Waals surface area (Å²) in [6.07, 6.45) is -0.449. The number of ketones is 1. The van der Waals surface area contributed by atoms with Crippen LogP contribution >= 0.6 is 23.1 Å². The first-order chi connectivity index (χ1) is 11.6. The number of nitrogens with zero attached hydrogens (tertiary/aromatic N) is 1. The van der Waals surface area contributed by atoms with Gasteiger partial charge in [0.15, 0.2) is 11.5 Å². The molecule has 0 unspecified atom stereocenters. The molecule has 2 aromatic rings. The third-order valence-corrected chi connectivity index (χ3v) is 5.60. The lowest BCUT2D eigenvalue weighted by Gasteiger charge is -2.00. The molecule has 0 amide bonds. The number of nitriles is 1. The van der Waals surface area contributed by atoms with Crippen molar-refractivity contribution >= 4 is 34.9 Å². The van der Waals surface area contributed by atoms with Crippen molar-refractivity contribution < 1.29 is 19.4 Å². The Hall–Kier alpha value is -2.30. The number of Topliss-reactive ketones (excluding diaryl/α,β-unsaturated/α-hetero) is 1. The molecule has 2 rings (SSSR count). The largest absolute Gasteiger partial charge is 0.505 e. The van der Waals surface area contributed by atoms with Gasteiger partial charge in [0.1, 0.15) is 22.9 Å². The molecular formula is C17H15NO4S2. The molecule has 1 heterocycles. The predicted octanol–water partition coefficient (Wildman–Crippen LogP) is 3.75. The monoisotopic (exact) mass is 361 g/mol. The van der Waals surface area contributed by atoms with Gasteiger partial charge in [-0.1, -0.05) is 30.3 Å². The highest BCUT2D eigenvalue weighted by atomic mass is 32.2. The summed E-state index contributed by atoms with van der Waals surface area (Å²) in [7, 11) is 0. The van der Waals surface area contributed by atoms with Crippen molar-refractivity contribution in [3.8, 4) is 11.8 Å². The van der Waals surface area contributed by atoms with Gasteiger partial charge in [0, 0.05) is 5.75 Å². The third-order valence-electron chi connectivity index (χ3n) is 3.04. The Morgan fingerprint density at radius 2 is 2.04 bits per heavy atom. The van der Waals surface area contributed by atoms with Crippen LogP contribution in [0.1, 0.15) is 34.1 Å². The first-order valence-corrected chi connectivity index (χ1v) is 8.98. The number of hydrogen-bond donors (Lipinski definition) is 1. The zero-order chi connectivity index (χ0) is 17.5. The molecule has 0 spiro atoms. The molecule has 24 heavy (non-hydrogen) atoms. The lowest BCUT2D eigenvalue weighted by Crippen LogP contribution is -2.10. The molecule has 0 aliphatic heterocycles. The van der Waals surface area contributed by atoms with Crippen LogP contribution in [0.4, 0.5) is 0 Å². The van der Waals surface area contributed by atoms with Crippen LogP contribution in [-0.4, -0.2) is 23.5 Å². The van der Waals surface area contributed by atoms with E-state index in [0.717, 1.165) is 16.9 Å². The van der Waals surface area contributed by atoms with Gasteiger partial charge in [0.05, 0.1) is 10.8 Å². The Kier molecular flexibility index (Phi) is 6.41. The highest BCUT2D eigenvalue weighted by molar-refractivity contribution is 8.00. The summed E-state index contributed by atoms with van der Waals surface area (Å²) in [4.78, 5) is 23.6. The fraction of sp³-hybridized carbons (Fsp3) is 0.235. The van der Waals surface area contributed by atoms with E-state index < -0.39 is 18.2 Å². The summed E-state index contributed by atoms with van der Waals surface area (Å²) in [6.45, 7) is 1.83. The number of thiophene rings is 1. The minimum Gasteiger partial charge on any atom is -0.505 e. The van der Waals surface area contributed by atoms with Gasteiger partial charge < -0.3 is 9.84 Å². The van der Waals surface area contributed by atoms with E-state index >= 15 is 0 Å². The summed E-state index contributed by atoms with van der Waals surface area (Å²) in [6, 6.07) is 11.6. The van der Waals surface area contributed by atoms with Crippen LogP contribution in [0, 0.1) is 11.3 Å². The molecule has 1 aromatic carbocycles. The van der Waals surface area contributed by atoms with Crippen molar-refractivity contribution in [2.24, 2.45) is 0 Å². The SMILES string of the molecule is CCOC(=O)CC(=O)c1sc(SCc2ccccc2)c(C#N)c1O. The van der Waals surface area contributed by atoms with Crippen LogP contribution in [0.15, 0.2) is 34.5 Å². The summed E-state index contributed by atoms with van der Waals surface area (Å²) < 4.78 is 5.30. The molecule has 0 saturated heterocycles. The van der Waals surface area contributed by atoms with Gasteiger partial charge in [-0.25, -0.2) is 0 Å². The third kappa shape index (κ3) is 4.37. The van der Waals surface area contributed by atoms with E-state index in [1.165, 1.54) is 11.8 Å². The number of hydrogen-bond acceptors (Lipinski definition) is 7. The second kappa shape index (κ2) is 8.52. The fourth-order valence-corrected chi connectivity index (χ4v) is 4.19. The number of carbonyl (C=O) groups is 2. The van der Waals surface area contributed by atoms with E-state index in [-0.39, 0.29) is 22.8 Å². The maximum absolute atomic E-state index is 12.1. The second-order valence-corrected chi connectivity index (χ2v) is 7.00.